The van der Waals surface area contributed by atoms with Gasteiger partial charge in [-0.25, -0.2) is 0 Å². The van der Waals surface area contributed by atoms with E-state index in [2.05, 4.69) is 257 Å². The summed E-state index contributed by atoms with van der Waals surface area (Å²) >= 11 is 0. The third kappa shape index (κ3) is 6.60. The Labute approximate surface area is 400 Å². The highest BCUT2D eigenvalue weighted by Crippen LogP contribution is 2.55. The molecule has 7 aromatic carbocycles. The van der Waals surface area contributed by atoms with Crippen molar-refractivity contribution in [3.05, 3.63) is 190 Å². The zero-order valence-corrected chi connectivity index (χ0v) is 42.3. The van der Waals surface area contributed by atoms with Crippen molar-refractivity contribution in [2.24, 2.45) is 0 Å². The van der Waals surface area contributed by atoms with Crippen LogP contribution in [0.15, 0.2) is 151 Å². The van der Waals surface area contributed by atoms with Gasteiger partial charge in [-0.15, -0.1) is 0 Å². The van der Waals surface area contributed by atoms with E-state index in [1.54, 1.807) is 0 Å². The van der Waals surface area contributed by atoms with Crippen molar-refractivity contribution in [1.82, 2.24) is 4.57 Å². The molecule has 0 spiro atoms. The Kier molecular flexibility index (Phi) is 9.30. The Bertz CT molecular complexity index is 3300. The molecule has 4 heteroatoms. The van der Waals surface area contributed by atoms with Gasteiger partial charge in [0.25, 0.3) is 0 Å². The van der Waals surface area contributed by atoms with Gasteiger partial charge in [-0.3, -0.25) is 0 Å². The molecule has 0 fully saturated rings. The molecule has 0 radical (unpaired) electrons. The lowest BCUT2D eigenvalue weighted by atomic mass is 9.43. The van der Waals surface area contributed by atoms with Crippen molar-refractivity contribution in [2.45, 2.75) is 124 Å². The summed E-state index contributed by atoms with van der Waals surface area (Å²) in [5.41, 5.74) is 23.2. The highest BCUT2D eigenvalue weighted by Gasteiger charge is 2.52. The lowest BCUT2D eigenvalue weighted by Gasteiger charge is -2.46. The van der Waals surface area contributed by atoms with Gasteiger partial charge in [-0.1, -0.05) is 176 Å². The molecular weight excluding hydrogens is 810 g/mol. The van der Waals surface area contributed by atoms with E-state index >= 15 is 0 Å². The highest BCUT2D eigenvalue weighted by atomic mass is 15.1. The summed E-state index contributed by atoms with van der Waals surface area (Å²) in [5, 5.41) is 2.58. The molecule has 0 N–H and O–H groups in total. The summed E-state index contributed by atoms with van der Waals surface area (Å²) in [6.45, 7) is 33.2. The number of aromatic nitrogens is 1. The minimum atomic E-state index is -0.280. The molecule has 0 saturated carbocycles. The fourth-order valence-electron chi connectivity index (χ4n) is 11.5. The van der Waals surface area contributed by atoms with Crippen LogP contribution < -0.4 is 20.6 Å². The molecule has 0 amide bonds. The monoisotopic (exact) mass is 876 g/mol. The predicted octanol–water partition coefficient (Wildman–Crippen LogP) is 15.4. The van der Waals surface area contributed by atoms with Gasteiger partial charge in [-0.2, -0.15) is 0 Å². The molecule has 3 heterocycles. The number of rotatable bonds is 4. The molecule has 0 atom stereocenters. The van der Waals surface area contributed by atoms with Crippen molar-refractivity contribution < 1.29 is 0 Å². The molecule has 67 heavy (non-hydrogen) atoms. The van der Waals surface area contributed by atoms with Crippen LogP contribution >= 0.6 is 0 Å². The molecule has 3 nitrogen and oxygen atoms in total. The third-order valence-electron chi connectivity index (χ3n) is 15.3. The number of fused-ring (bicyclic) bond motifs is 8. The fourth-order valence-corrected chi connectivity index (χ4v) is 11.5. The van der Waals surface area contributed by atoms with Crippen LogP contribution in [0.2, 0.25) is 0 Å². The molecule has 336 valence electrons. The molecule has 11 rings (SSSR count). The summed E-state index contributed by atoms with van der Waals surface area (Å²) in [6.07, 6.45) is 0. The van der Waals surface area contributed by atoms with Crippen molar-refractivity contribution in [2.75, 3.05) is 9.71 Å². The van der Waals surface area contributed by atoms with E-state index in [0.717, 1.165) is 17.1 Å². The number of hydrogen-bond acceptors (Lipinski definition) is 2. The molecule has 8 aromatic rings. The maximum atomic E-state index is 2.79. The summed E-state index contributed by atoms with van der Waals surface area (Å²) in [5.74, 6) is 0. The first-order valence-corrected chi connectivity index (χ1v) is 24.6. The zero-order chi connectivity index (χ0) is 47.3. The molecule has 3 aliphatic rings. The molecule has 0 bridgehead atoms. The van der Waals surface area contributed by atoms with Crippen LogP contribution in [0.5, 0.6) is 0 Å². The topological polar surface area (TPSA) is 11.4 Å². The van der Waals surface area contributed by atoms with Crippen LogP contribution in [0.1, 0.15) is 136 Å². The average Bonchev–Trinajstić information content (AvgIpc) is 3.73. The largest absolute Gasteiger partial charge is 0.379 e. The standard InChI is InChI=1S/C63H66BN3/c1-59(2,3)39-25-28-45(29-26-39)67-58-55(49-33-40(60(4,5)6)27-31-51(49)63(58,13)14)50-35-42(62(10,11)12)37-54-56(50)64(67)52-36-41(61(7,8)9)34-48-47-38-46(30-32-53(47)66(54)57(48)52)65(43-21-17-15-18-22-43)44-23-19-16-20-24-44/h15-38H,1-14H3. The van der Waals surface area contributed by atoms with Gasteiger partial charge in [0.15, 0.2) is 0 Å². The van der Waals surface area contributed by atoms with Crippen molar-refractivity contribution >= 4 is 67.9 Å². The van der Waals surface area contributed by atoms with Gasteiger partial charge < -0.3 is 14.3 Å². The normalized spacial score (nSPS) is 15.3. The Morgan fingerprint density at radius 2 is 1.03 bits per heavy atom. The van der Waals surface area contributed by atoms with Crippen molar-refractivity contribution in [3.8, 4) is 5.69 Å². The Balaban J connectivity index is 1.29. The smallest absolute Gasteiger partial charge is 0.332 e. The molecule has 0 saturated heterocycles. The van der Waals surface area contributed by atoms with E-state index in [0.29, 0.717) is 0 Å². The first-order valence-electron chi connectivity index (χ1n) is 24.6. The lowest BCUT2D eigenvalue weighted by molar-refractivity contribution is 0.587. The number of para-hydroxylation sites is 2. The molecule has 2 aliphatic heterocycles. The van der Waals surface area contributed by atoms with Crippen molar-refractivity contribution in [3.63, 3.8) is 0 Å². The first kappa shape index (κ1) is 43.3. The Morgan fingerprint density at radius 3 is 1.61 bits per heavy atom. The van der Waals surface area contributed by atoms with Crippen LogP contribution in [0, 0.1) is 0 Å². The van der Waals surface area contributed by atoms with Crippen molar-refractivity contribution in [1.29, 1.82) is 0 Å². The SMILES string of the molecule is CC(C)(C)c1ccc(N2B3c4c(cc(C(C)(C)C)cc4-n4c5ccc(N(c6ccccc6)c6ccccc6)cc5c5cc(C(C)(C)C)cc3c54)C3=C2C(C)(C)c2ccc(C(C)(C)C)cc23)cc1. The Hall–Kier alpha value is -6.26. The van der Waals surface area contributed by atoms with Crippen LogP contribution in [-0.2, 0) is 27.1 Å². The lowest BCUT2D eigenvalue weighted by Crippen LogP contribution is -2.64. The van der Waals surface area contributed by atoms with Crippen LogP contribution in [0.4, 0.5) is 22.7 Å². The Morgan fingerprint density at radius 1 is 0.478 bits per heavy atom. The van der Waals surface area contributed by atoms with Gasteiger partial charge in [0.2, 0.25) is 0 Å². The second kappa shape index (κ2) is 14.4. The molecule has 0 unspecified atom stereocenters. The summed E-state index contributed by atoms with van der Waals surface area (Å²) < 4.78 is 2.66. The quantitative estimate of drug-likeness (QED) is 0.163. The average molecular weight is 876 g/mol. The highest BCUT2D eigenvalue weighted by molar-refractivity contribution is 6.92. The van der Waals surface area contributed by atoms with Gasteiger partial charge >= 0.3 is 6.85 Å². The van der Waals surface area contributed by atoms with Crippen LogP contribution in [0.25, 0.3) is 33.1 Å². The summed E-state index contributed by atoms with van der Waals surface area (Å²) in [6, 6.07) is 56.1. The number of anilines is 4. The number of benzene rings is 7. The number of hydrogen-bond donors (Lipinski definition) is 0. The number of allylic oxidation sites excluding steroid dienone is 1. The minimum Gasteiger partial charge on any atom is -0.379 e. The fraction of sp³-hybridized carbons (Fsp3) is 0.302. The third-order valence-corrected chi connectivity index (χ3v) is 15.3. The van der Waals surface area contributed by atoms with Gasteiger partial charge in [-0.05, 0) is 138 Å². The minimum absolute atomic E-state index is 0.00224. The van der Waals surface area contributed by atoms with E-state index in [1.165, 1.54) is 94.3 Å². The maximum Gasteiger partial charge on any atom is 0.332 e. The van der Waals surface area contributed by atoms with E-state index in [-0.39, 0.29) is 33.9 Å². The summed E-state index contributed by atoms with van der Waals surface area (Å²) in [4.78, 5) is 5.20. The number of nitrogens with zero attached hydrogens (tertiary/aromatic N) is 3. The predicted molar refractivity (Wildman–Crippen MR) is 290 cm³/mol. The van der Waals surface area contributed by atoms with E-state index < -0.39 is 0 Å². The van der Waals surface area contributed by atoms with Gasteiger partial charge in [0.1, 0.15) is 0 Å². The second-order valence-electron chi connectivity index (χ2n) is 24.4. The second-order valence-corrected chi connectivity index (χ2v) is 24.4. The van der Waals surface area contributed by atoms with Gasteiger partial charge in [0, 0.05) is 55.9 Å². The first-order chi connectivity index (χ1) is 31.5. The van der Waals surface area contributed by atoms with E-state index in [4.69, 9.17) is 0 Å². The van der Waals surface area contributed by atoms with Crippen LogP contribution in [0.3, 0.4) is 0 Å². The molecule has 1 aliphatic carbocycles. The molecule has 1 aromatic heterocycles. The molecular formula is C63H66BN3. The van der Waals surface area contributed by atoms with E-state index in [1.807, 2.05) is 0 Å². The van der Waals surface area contributed by atoms with E-state index in [9.17, 15) is 0 Å². The van der Waals surface area contributed by atoms with Gasteiger partial charge in [0.05, 0.1) is 11.0 Å². The van der Waals surface area contributed by atoms with Crippen LogP contribution in [-0.4, -0.2) is 11.4 Å². The summed E-state index contributed by atoms with van der Waals surface area (Å²) in [7, 11) is 0. The maximum absolute atomic E-state index is 2.79. The zero-order valence-electron chi connectivity index (χ0n) is 42.3.